The van der Waals surface area contributed by atoms with E-state index in [1.54, 1.807) is 7.11 Å². The molecule has 126 valence electrons. The Bertz CT molecular complexity index is 725. The lowest BCUT2D eigenvalue weighted by Crippen LogP contribution is -2.41. The van der Waals surface area contributed by atoms with Crippen LogP contribution in [0.25, 0.3) is 11.1 Å². The highest BCUT2D eigenvalue weighted by molar-refractivity contribution is 6.63. The second kappa shape index (κ2) is 6.10. The van der Waals surface area contributed by atoms with Gasteiger partial charge < -0.3 is 14.0 Å². The second-order valence-electron chi connectivity index (χ2n) is 7.05. The summed E-state index contributed by atoms with van der Waals surface area (Å²) in [6, 6.07) is 13.8. The summed E-state index contributed by atoms with van der Waals surface area (Å²) in [6.45, 7) is 8.17. The molecule has 0 atom stereocenters. The van der Waals surface area contributed by atoms with Gasteiger partial charge in [0, 0.05) is 10.5 Å². The molecule has 0 unspecified atom stereocenters. The van der Waals surface area contributed by atoms with Crippen molar-refractivity contribution in [2.24, 2.45) is 0 Å². The van der Waals surface area contributed by atoms with E-state index in [1.807, 2.05) is 70.2 Å². The fraction of sp³-hybridized carbons (Fsp3) is 0.368. The molecule has 0 bridgehead atoms. The molecule has 1 saturated heterocycles. The summed E-state index contributed by atoms with van der Waals surface area (Å²) >= 11 is 5.96. The van der Waals surface area contributed by atoms with E-state index in [-0.39, 0.29) is 11.2 Å². The van der Waals surface area contributed by atoms with Gasteiger partial charge in [-0.05, 0) is 57.0 Å². The highest BCUT2D eigenvalue weighted by Crippen LogP contribution is 2.37. The van der Waals surface area contributed by atoms with Crippen LogP contribution in [0.5, 0.6) is 5.75 Å². The van der Waals surface area contributed by atoms with Gasteiger partial charge in [-0.2, -0.15) is 0 Å². The average Bonchev–Trinajstić information content (AvgIpc) is 2.75. The molecule has 1 aliphatic heterocycles. The molecule has 0 radical (unpaired) electrons. The first kappa shape index (κ1) is 17.3. The molecule has 0 aromatic heterocycles. The maximum absolute atomic E-state index is 6.13. The maximum atomic E-state index is 6.13. The van der Waals surface area contributed by atoms with Crippen molar-refractivity contribution in [1.29, 1.82) is 0 Å². The third-order valence-corrected chi connectivity index (χ3v) is 5.17. The first-order chi connectivity index (χ1) is 11.2. The van der Waals surface area contributed by atoms with Crippen molar-refractivity contribution < 1.29 is 14.0 Å². The van der Waals surface area contributed by atoms with E-state index in [1.165, 1.54) is 0 Å². The van der Waals surface area contributed by atoms with Crippen LogP contribution in [0.4, 0.5) is 0 Å². The Morgan fingerprint density at radius 2 is 1.42 bits per heavy atom. The number of hydrogen-bond donors (Lipinski definition) is 0. The summed E-state index contributed by atoms with van der Waals surface area (Å²) in [7, 11) is 1.22. The molecule has 2 aromatic rings. The Balaban J connectivity index is 1.95. The van der Waals surface area contributed by atoms with E-state index in [0.717, 1.165) is 27.4 Å². The van der Waals surface area contributed by atoms with Gasteiger partial charge in [0.25, 0.3) is 0 Å². The predicted octanol–water partition coefficient (Wildman–Crippen LogP) is 4.31. The van der Waals surface area contributed by atoms with Crippen LogP contribution in [-0.4, -0.2) is 25.4 Å². The van der Waals surface area contributed by atoms with Gasteiger partial charge in [-0.3, -0.25) is 0 Å². The van der Waals surface area contributed by atoms with Gasteiger partial charge in [0.05, 0.1) is 18.3 Å². The van der Waals surface area contributed by atoms with Crippen molar-refractivity contribution >= 4 is 24.2 Å². The van der Waals surface area contributed by atoms with E-state index in [0.29, 0.717) is 0 Å². The molecule has 0 amide bonds. The van der Waals surface area contributed by atoms with E-state index < -0.39 is 7.12 Å². The largest absolute Gasteiger partial charge is 0.498 e. The smallest absolute Gasteiger partial charge is 0.497 e. The standard InChI is InChI=1S/C19H22BClO3/c1-18(2)19(3,4)24-20(23-18)16-11-8-14(12-17(16)22-5)13-6-9-15(21)10-7-13/h6-12H,1-5H3. The number of ether oxygens (including phenoxy) is 1. The minimum absolute atomic E-state index is 0.377. The van der Waals surface area contributed by atoms with E-state index in [2.05, 4.69) is 0 Å². The molecule has 5 heteroatoms. The van der Waals surface area contributed by atoms with Gasteiger partial charge >= 0.3 is 7.12 Å². The van der Waals surface area contributed by atoms with Gasteiger partial charge in [-0.1, -0.05) is 35.9 Å². The third-order valence-electron chi connectivity index (χ3n) is 4.92. The Kier molecular flexibility index (Phi) is 4.41. The van der Waals surface area contributed by atoms with Crippen molar-refractivity contribution in [2.75, 3.05) is 7.11 Å². The maximum Gasteiger partial charge on any atom is 0.498 e. The highest BCUT2D eigenvalue weighted by Gasteiger charge is 2.52. The molecular weight excluding hydrogens is 322 g/mol. The Hall–Kier alpha value is -1.49. The van der Waals surface area contributed by atoms with Gasteiger partial charge in [0.2, 0.25) is 0 Å². The molecule has 0 aliphatic carbocycles. The molecule has 3 nitrogen and oxygen atoms in total. The van der Waals surface area contributed by atoms with Crippen LogP contribution in [0.3, 0.4) is 0 Å². The molecule has 1 heterocycles. The molecule has 24 heavy (non-hydrogen) atoms. The van der Waals surface area contributed by atoms with Crippen molar-refractivity contribution in [3.8, 4) is 16.9 Å². The first-order valence-electron chi connectivity index (χ1n) is 8.03. The van der Waals surface area contributed by atoms with Crippen LogP contribution in [0, 0.1) is 0 Å². The van der Waals surface area contributed by atoms with Gasteiger partial charge in [0.15, 0.2) is 0 Å². The summed E-state index contributed by atoms with van der Waals surface area (Å²) in [5.74, 6) is 0.751. The Morgan fingerprint density at radius 3 is 1.96 bits per heavy atom. The fourth-order valence-corrected chi connectivity index (χ4v) is 2.82. The number of rotatable bonds is 3. The quantitative estimate of drug-likeness (QED) is 0.776. The van der Waals surface area contributed by atoms with E-state index >= 15 is 0 Å². The zero-order valence-electron chi connectivity index (χ0n) is 14.7. The summed E-state index contributed by atoms with van der Waals surface area (Å²) in [5, 5.41) is 0.722. The lowest BCUT2D eigenvalue weighted by Gasteiger charge is -2.32. The predicted molar refractivity (Wildman–Crippen MR) is 99.2 cm³/mol. The fourth-order valence-electron chi connectivity index (χ4n) is 2.70. The molecule has 0 spiro atoms. The third kappa shape index (κ3) is 3.06. The van der Waals surface area contributed by atoms with Crippen LogP contribution in [0.15, 0.2) is 42.5 Å². The van der Waals surface area contributed by atoms with E-state index in [4.69, 9.17) is 25.6 Å². The van der Waals surface area contributed by atoms with Gasteiger partial charge in [0.1, 0.15) is 5.75 Å². The highest BCUT2D eigenvalue weighted by atomic mass is 35.5. The molecule has 1 fully saturated rings. The topological polar surface area (TPSA) is 27.7 Å². The number of hydrogen-bond acceptors (Lipinski definition) is 3. The zero-order chi connectivity index (χ0) is 17.5. The second-order valence-corrected chi connectivity index (χ2v) is 7.49. The molecule has 3 rings (SSSR count). The summed E-state index contributed by atoms with van der Waals surface area (Å²) in [6.07, 6.45) is 0. The minimum Gasteiger partial charge on any atom is -0.497 e. The van der Waals surface area contributed by atoms with Crippen LogP contribution in [0.2, 0.25) is 5.02 Å². The number of benzene rings is 2. The van der Waals surface area contributed by atoms with E-state index in [9.17, 15) is 0 Å². The van der Waals surface area contributed by atoms with Crippen molar-refractivity contribution in [2.45, 2.75) is 38.9 Å². The molecule has 0 saturated carbocycles. The van der Waals surface area contributed by atoms with Crippen molar-refractivity contribution in [3.63, 3.8) is 0 Å². The first-order valence-corrected chi connectivity index (χ1v) is 8.41. The lowest BCUT2D eigenvalue weighted by atomic mass is 9.77. The average molecular weight is 345 g/mol. The molecule has 2 aromatic carbocycles. The van der Waals surface area contributed by atoms with Crippen LogP contribution >= 0.6 is 11.6 Å². The van der Waals surface area contributed by atoms with Crippen LogP contribution in [-0.2, 0) is 9.31 Å². The normalized spacial score (nSPS) is 18.7. The molecule has 0 N–H and O–H groups in total. The summed E-state index contributed by atoms with van der Waals surface area (Å²) in [4.78, 5) is 0. The number of halogens is 1. The minimum atomic E-state index is -0.441. The van der Waals surface area contributed by atoms with Gasteiger partial charge in [-0.15, -0.1) is 0 Å². The van der Waals surface area contributed by atoms with Crippen LogP contribution < -0.4 is 10.2 Å². The summed E-state index contributed by atoms with van der Waals surface area (Å²) in [5.41, 5.74) is 2.28. The Labute approximate surface area is 149 Å². The van der Waals surface area contributed by atoms with Crippen molar-refractivity contribution in [3.05, 3.63) is 47.5 Å². The number of methoxy groups -OCH3 is 1. The molecule has 1 aliphatic rings. The summed E-state index contributed by atoms with van der Waals surface area (Å²) < 4.78 is 17.9. The van der Waals surface area contributed by atoms with Crippen molar-refractivity contribution in [1.82, 2.24) is 0 Å². The van der Waals surface area contributed by atoms with Gasteiger partial charge in [-0.25, -0.2) is 0 Å². The zero-order valence-corrected chi connectivity index (χ0v) is 15.5. The SMILES string of the molecule is COc1cc(-c2ccc(Cl)cc2)ccc1B1OC(C)(C)C(C)(C)O1. The lowest BCUT2D eigenvalue weighted by molar-refractivity contribution is 0.00578. The van der Waals surface area contributed by atoms with Crippen LogP contribution in [0.1, 0.15) is 27.7 Å². The Morgan fingerprint density at radius 1 is 0.875 bits per heavy atom. The monoisotopic (exact) mass is 344 g/mol. The molecular formula is C19H22BClO3.